The van der Waals surface area contributed by atoms with Crippen molar-refractivity contribution in [3.63, 3.8) is 0 Å². The summed E-state index contributed by atoms with van der Waals surface area (Å²) in [4.78, 5) is 27.3. The van der Waals surface area contributed by atoms with Gasteiger partial charge in [0.05, 0.1) is 11.6 Å². The van der Waals surface area contributed by atoms with Crippen LogP contribution in [-0.4, -0.2) is 33.3 Å². The maximum atomic E-state index is 13.0. The minimum absolute atomic E-state index is 0.0494. The highest BCUT2D eigenvalue weighted by Gasteiger charge is 2.45. The van der Waals surface area contributed by atoms with E-state index in [1.807, 2.05) is 32.0 Å². The highest BCUT2D eigenvalue weighted by atomic mass is 16.3. The summed E-state index contributed by atoms with van der Waals surface area (Å²) in [5, 5.41) is 21.1. The molecule has 3 rings (SSSR count). The van der Waals surface area contributed by atoms with E-state index in [-0.39, 0.29) is 17.1 Å². The predicted octanol–water partition coefficient (Wildman–Crippen LogP) is 4.62. The maximum Gasteiger partial charge on any atom is 0.295 e. The number of hydrogen-bond donors (Lipinski definition) is 2. The van der Waals surface area contributed by atoms with Gasteiger partial charge in [-0.3, -0.25) is 9.59 Å². The highest BCUT2D eigenvalue weighted by Crippen LogP contribution is 2.40. The highest BCUT2D eigenvalue weighted by molar-refractivity contribution is 6.46. The van der Waals surface area contributed by atoms with E-state index in [9.17, 15) is 19.8 Å². The second-order valence-corrected chi connectivity index (χ2v) is 7.61. The number of unbranched alkanes of at least 4 members (excludes halogenated alkanes) is 2. The van der Waals surface area contributed by atoms with Crippen LogP contribution in [0, 0.1) is 13.8 Å². The number of aliphatic hydroxyl groups excluding tert-OH is 1. The molecular weight excluding hydrogens is 366 g/mol. The Morgan fingerprint density at radius 2 is 1.83 bits per heavy atom. The molecular formula is C24H27NO4. The number of phenols is 1. The first-order chi connectivity index (χ1) is 13.8. The molecule has 152 valence electrons. The minimum Gasteiger partial charge on any atom is -0.508 e. The summed E-state index contributed by atoms with van der Waals surface area (Å²) in [7, 11) is 0. The average molecular weight is 393 g/mol. The number of aromatic hydroxyl groups is 1. The van der Waals surface area contributed by atoms with Crippen molar-refractivity contribution >= 4 is 17.4 Å². The average Bonchev–Trinajstić information content (AvgIpc) is 2.94. The topological polar surface area (TPSA) is 77.8 Å². The molecule has 1 saturated heterocycles. The van der Waals surface area contributed by atoms with Crippen LogP contribution in [0.25, 0.3) is 5.76 Å². The van der Waals surface area contributed by atoms with Gasteiger partial charge in [0.15, 0.2) is 0 Å². The largest absolute Gasteiger partial charge is 0.508 e. The third kappa shape index (κ3) is 4.04. The molecule has 0 spiro atoms. The van der Waals surface area contributed by atoms with Crippen LogP contribution in [0.2, 0.25) is 0 Å². The third-order valence-corrected chi connectivity index (χ3v) is 5.38. The van der Waals surface area contributed by atoms with Crippen molar-refractivity contribution < 1.29 is 19.8 Å². The van der Waals surface area contributed by atoms with Crippen molar-refractivity contribution in [1.29, 1.82) is 0 Å². The van der Waals surface area contributed by atoms with Gasteiger partial charge in [0.2, 0.25) is 0 Å². The monoisotopic (exact) mass is 393 g/mol. The van der Waals surface area contributed by atoms with Crippen molar-refractivity contribution in [1.82, 2.24) is 4.90 Å². The molecule has 1 fully saturated rings. The number of benzene rings is 2. The van der Waals surface area contributed by atoms with Crippen molar-refractivity contribution in [3.05, 3.63) is 70.3 Å². The van der Waals surface area contributed by atoms with Crippen LogP contribution in [-0.2, 0) is 9.59 Å². The molecule has 1 aliphatic rings. The molecule has 1 atom stereocenters. The Morgan fingerprint density at radius 3 is 2.52 bits per heavy atom. The van der Waals surface area contributed by atoms with Crippen molar-refractivity contribution in [2.45, 2.75) is 46.1 Å². The summed E-state index contributed by atoms with van der Waals surface area (Å²) in [6.45, 7) is 6.26. The Morgan fingerprint density at radius 1 is 1.07 bits per heavy atom. The Kier molecular flexibility index (Phi) is 6.06. The molecule has 0 bridgehead atoms. The number of amides is 1. The molecule has 1 aliphatic heterocycles. The van der Waals surface area contributed by atoms with Crippen molar-refractivity contribution in [2.75, 3.05) is 6.54 Å². The van der Waals surface area contributed by atoms with E-state index >= 15 is 0 Å². The van der Waals surface area contributed by atoms with Crippen LogP contribution in [0.15, 0.2) is 48.0 Å². The zero-order valence-electron chi connectivity index (χ0n) is 17.1. The van der Waals surface area contributed by atoms with Crippen LogP contribution in [0.3, 0.4) is 0 Å². The number of carbonyl (C=O) groups is 2. The zero-order valence-corrected chi connectivity index (χ0v) is 17.1. The number of carbonyl (C=O) groups excluding carboxylic acids is 2. The molecule has 2 aromatic carbocycles. The van der Waals surface area contributed by atoms with Crippen molar-refractivity contribution in [2.24, 2.45) is 0 Å². The van der Waals surface area contributed by atoms with Crippen LogP contribution in [0.4, 0.5) is 0 Å². The van der Waals surface area contributed by atoms with E-state index in [1.165, 1.54) is 11.0 Å². The second-order valence-electron chi connectivity index (χ2n) is 7.61. The van der Waals surface area contributed by atoms with Gasteiger partial charge in [-0.15, -0.1) is 0 Å². The number of aryl methyl sites for hydroxylation is 2. The van der Waals surface area contributed by atoms with E-state index < -0.39 is 17.7 Å². The SMILES string of the molecule is CCCCCN1C(=O)C(=O)/C(=C(/O)c2cc(C)ccc2C)C1c1cccc(O)c1. The van der Waals surface area contributed by atoms with Gasteiger partial charge in [0, 0.05) is 12.1 Å². The number of likely N-dealkylation sites (tertiary alicyclic amines) is 1. The quantitative estimate of drug-likeness (QED) is 0.325. The van der Waals surface area contributed by atoms with Gasteiger partial charge in [-0.05, 0) is 49.6 Å². The molecule has 2 N–H and O–H groups in total. The Balaban J connectivity index is 2.18. The molecule has 5 heteroatoms. The van der Waals surface area contributed by atoms with Gasteiger partial charge in [-0.1, -0.05) is 49.6 Å². The number of Topliss-reactive ketones (excluding diaryl/α,β-unsaturated/α-hetero) is 1. The lowest BCUT2D eigenvalue weighted by atomic mass is 9.93. The molecule has 0 radical (unpaired) electrons. The summed E-state index contributed by atoms with van der Waals surface area (Å²) < 4.78 is 0. The Hall–Kier alpha value is -3.08. The van der Waals surface area contributed by atoms with Gasteiger partial charge in [0.1, 0.15) is 11.5 Å². The normalized spacial score (nSPS) is 18.4. The molecule has 29 heavy (non-hydrogen) atoms. The first kappa shape index (κ1) is 20.6. The fourth-order valence-corrected chi connectivity index (χ4v) is 3.82. The van der Waals surface area contributed by atoms with Crippen molar-refractivity contribution in [3.8, 4) is 5.75 Å². The van der Waals surface area contributed by atoms with Gasteiger partial charge in [0.25, 0.3) is 11.7 Å². The number of hydrogen-bond acceptors (Lipinski definition) is 4. The minimum atomic E-state index is -0.723. The van der Waals surface area contributed by atoms with Gasteiger partial charge in [-0.2, -0.15) is 0 Å². The fraction of sp³-hybridized carbons (Fsp3) is 0.333. The van der Waals surface area contributed by atoms with Crippen LogP contribution < -0.4 is 0 Å². The van der Waals surface area contributed by atoms with Crippen LogP contribution in [0.1, 0.15) is 54.5 Å². The lowest BCUT2D eigenvalue weighted by Gasteiger charge is -2.25. The third-order valence-electron chi connectivity index (χ3n) is 5.38. The lowest BCUT2D eigenvalue weighted by molar-refractivity contribution is -0.139. The molecule has 1 unspecified atom stereocenters. The molecule has 5 nitrogen and oxygen atoms in total. The summed E-state index contributed by atoms with van der Waals surface area (Å²) in [5.74, 6) is -1.42. The molecule has 0 saturated carbocycles. The predicted molar refractivity (Wildman–Crippen MR) is 113 cm³/mol. The van der Waals surface area contributed by atoms with Crippen LogP contribution >= 0.6 is 0 Å². The molecule has 1 heterocycles. The van der Waals surface area contributed by atoms with E-state index in [4.69, 9.17) is 0 Å². The fourth-order valence-electron chi connectivity index (χ4n) is 3.82. The van der Waals surface area contributed by atoms with E-state index in [1.54, 1.807) is 18.2 Å². The lowest BCUT2D eigenvalue weighted by Crippen LogP contribution is -2.30. The molecule has 0 aromatic heterocycles. The summed E-state index contributed by atoms with van der Waals surface area (Å²) in [5.41, 5.74) is 2.99. The first-order valence-corrected chi connectivity index (χ1v) is 10.00. The first-order valence-electron chi connectivity index (χ1n) is 10.00. The van der Waals surface area contributed by atoms with E-state index in [0.717, 1.165) is 30.4 Å². The number of rotatable bonds is 6. The number of phenolic OH excluding ortho intramolecular Hbond substituents is 1. The molecule has 1 amide bonds. The van der Waals surface area contributed by atoms with Gasteiger partial charge < -0.3 is 15.1 Å². The number of nitrogens with zero attached hydrogens (tertiary/aromatic N) is 1. The molecule has 0 aliphatic carbocycles. The summed E-state index contributed by atoms with van der Waals surface area (Å²) in [6, 6.07) is 11.4. The number of aliphatic hydroxyl groups is 1. The van der Waals surface area contributed by atoms with E-state index in [0.29, 0.717) is 17.7 Å². The second kappa shape index (κ2) is 8.52. The molecule has 2 aromatic rings. The van der Waals surface area contributed by atoms with E-state index in [2.05, 4.69) is 6.92 Å². The smallest absolute Gasteiger partial charge is 0.295 e. The van der Waals surface area contributed by atoms with Gasteiger partial charge >= 0.3 is 0 Å². The Labute approximate surface area is 171 Å². The Bertz CT molecular complexity index is 977. The maximum absolute atomic E-state index is 13.0. The standard InChI is InChI=1S/C24H27NO4/c1-4-5-6-12-25-21(17-8-7-9-18(26)14-17)20(23(28)24(25)29)22(27)19-13-15(2)10-11-16(19)3/h7-11,13-14,21,26-27H,4-6,12H2,1-3H3/b22-20+. The van der Waals surface area contributed by atoms with Gasteiger partial charge in [-0.25, -0.2) is 0 Å². The zero-order chi connectivity index (χ0) is 21.1. The van der Waals surface area contributed by atoms with Crippen LogP contribution in [0.5, 0.6) is 5.75 Å². The number of ketones is 1. The summed E-state index contributed by atoms with van der Waals surface area (Å²) >= 11 is 0. The summed E-state index contributed by atoms with van der Waals surface area (Å²) in [6.07, 6.45) is 2.69.